The molecule has 0 unspecified atom stereocenters. The van der Waals surface area contributed by atoms with E-state index < -0.39 is 0 Å². The first kappa shape index (κ1) is 13.6. The molecule has 0 atom stereocenters. The van der Waals surface area contributed by atoms with Crippen molar-refractivity contribution in [3.05, 3.63) is 48.0 Å². The van der Waals surface area contributed by atoms with Crippen LogP contribution in [0.15, 0.2) is 42.5 Å². The Bertz CT molecular complexity index is 521. The lowest BCUT2D eigenvalue weighted by molar-refractivity contribution is 0.303. The first-order chi connectivity index (χ1) is 9.21. The number of methoxy groups -OCH3 is 1. The molecule has 0 saturated carbocycles. The maximum Gasteiger partial charge on any atom is 0.129 e. The molecular weight excluding hydrogens is 238 g/mol. The number of hydrogen-bond acceptors (Lipinski definition) is 3. The van der Waals surface area contributed by atoms with Crippen LogP contribution in [0.4, 0.5) is 0 Å². The molecule has 1 aromatic rings. The summed E-state index contributed by atoms with van der Waals surface area (Å²) >= 11 is 0. The second-order valence-corrected chi connectivity index (χ2v) is 4.64. The number of nitrogens with one attached hydrogen (secondary N) is 1. The number of nitrogens with zero attached hydrogens (tertiary/aromatic N) is 2. The number of hydrogen-bond donors (Lipinski definition) is 1. The van der Waals surface area contributed by atoms with Crippen molar-refractivity contribution in [1.82, 2.24) is 15.1 Å². The minimum absolute atomic E-state index is 0.466. The van der Waals surface area contributed by atoms with Crippen molar-refractivity contribution in [2.75, 3.05) is 20.2 Å². The maximum atomic E-state index is 5.51. The molecule has 0 aliphatic carbocycles. The van der Waals surface area contributed by atoms with Gasteiger partial charge in [-0.25, -0.2) is 0 Å². The van der Waals surface area contributed by atoms with E-state index in [-0.39, 0.29) is 0 Å². The van der Waals surface area contributed by atoms with Gasteiger partial charge in [0.1, 0.15) is 5.76 Å². The average molecular weight is 259 g/mol. The Morgan fingerprint density at radius 1 is 1.58 bits per heavy atom. The molecule has 0 bridgehead atoms. The van der Waals surface area contributed by atoms with Gasteiger partial charge in [-0.05, 0) is 19.4 Å². The predicted octanol–water partition coefficient (Wildman–Crippen LogP) is 2.54. The van der Waals surface area contributed by atoms with Crippen LogP contribution in [0.1, 0.15) is 25.5 Å². The van der Waals surface area contributed by atoms with Crippen LogP contribution in [0.2, 0.25) is 0 Å². The van der Waals surface area contributed by atoms with Gasteiger partial charge in [-0.3, -0.25) is 4.68 Å². The second kappa shape index (κ2) is 5.89. The van der Waals surface area contributed by atoms with Crippen LogP contribution in [-0.2, 0) is 4.74 Å². The van der Waals surface area contributed by atoms with E-state index in [2.05, 4.69) is 23.2 Å². The van der Waals surface area contributed by atoms with Crippen LogP contribution < -0.4 is 5.32 Å². The Labute approximate surface area is 114 Å². The van der Waals surface area contributed by atoms with Crippen LogP contribution in [0, 0.1) is 0 Å². The number of aromatic nitrogens is 2. The smallest absolute Gasteiger partial charge is 0.129 e. The van der Waals surface area contributed by atoms with Crippen molar-refractivity contribution in [2.24, 2.45) is 0 Å². The van der Waals surface area contributed by atoms with Gasteiger partial charge >= 0.3 is 0 Å². The molecule has 0 radical (unpaired) electrons. The zero-order valence-corrected chi connectivity index (χ0v) is 11.8. The molecule has 102 valence electrons. The van der Waals surface area contributed by atoms with Crippen LogP contribution in [0.25, 0.3) is 5.57 Å². The molecule has 1 aliphatic heterocycles. The Kier molecular flexibility index (Phi) is 4.22. The highest BCUT2D eigenvalue weighted by Crippen LogP contribution is 2.26. The minimum atomic E-state index is 0.466. The Morgan fingerprint density at radius 2 is 2.32 bits per heavy atom. The molecule has 1 N–H and O–H groups in total. The predicted molar refractivity (Wildman–Crippen MR) is 77.7 cm³/mol. The molecule has 1 saturated heterocycles. The van der Waals surface area contributed by atoms with E-state index in [1.54, 1.807) is 7.11 Å². The summed E-state index contributed by atoms with van der Waals surface area (Å²) in [6.07, 6.45) is 7.79. The lowest BCUT2D eigenvalue weighted by atomic mass is 10.0. The monoisotopic (exact) mass is 259 g/mol. The standard InChI is InChI=1S/C15H21N3O/c1-5-11(3)15(19-4)14(6-2)12-7-17-18(10-12)13-8-16-9-13/h5-7,10,13,16H,2,8-9H2,1,3-4H3/b11-5-,15-14-. The molecule has 0 spiro atoms. The fourth-order valence-corrected chi connectivity index (χ4v) is 2.09. The van der Waals surface area contributed by atoms with Crippen LogP contribution in [0.3, 0.4) is 0 Å². The Hall–Kier alpha value is -1.81. The zero-order valence-electron chi connectivity index (χ0n) is 11.8. The summed E-state index contributed by atoms with van der Waals surface area (Å²) in [5.41, 5.74) is 3.12. The fraction of sp³-hybridized carbons (Fsp3) is 0.400. The van der Waals surface area contributed by atoms with Crippen molar-refractivity contribution in [3.8, 4) is 0 Å². The van der Waals surface area contributed by atoms with Gasteiger partial charge in [0.2, 0.25) is 0 Å². The molecule has 2 rings (SSSR count). The summed E-state index contributed by atoms with van der Waals surface area (Å²) in [6, 6.07) is 0.466. The van der Waals surface area contributed by atoms with Gasteiger partial charge in [-0.1, -0.05) is 18.7 Å². The van der Waals surface area contributed by atoms with Crippen molar-refractivity contribution in [2.45, 2.75) is 19.9 Å². The summed E-state index contributed by atoms with van der Waals surface area (Å²) < 4.78 is 7.52. The van der Waals surface area contributed by atoms with Gasteiger partial charge in [-0.15, -0.1) is 0 Å². The highest BCUT2D eigenvalue weighted by Gasteiger charge is 2.20. The van der Waals surface area contributed by atoms with Crippen molar-refractivity contribution < 1.29 is 4.74 Å². The number of allylic oxidation sites excluding steroid dienone is 4. The normalized spacial score (nSPS) is 17.7. The van der Waals surface area contributed by atoms with E-state index in [1.807, 2.05) is 36.9 Å². The van der Waals surface area contributed by atoms with E-state index in [0.717, 1.165) is 35.6 Å². The molecule has 0 amide bonds. The maximum absolute atomic E-state index is 5.51. The van der Waals surface area contributed by atoms with Crippen LogP contribution in [0.5, 0.6) is 0 Å². The van der Waals surface area contributed by atoms with E-state index in [0.29, 0.717) is 6.04 Å². The molecule has 1 aromatic heterocycles. The topological polar surface area (TPSA) is 39.1 Å². The lowest BCUT2D eigenvalue weighted by Crippen LogP contribution is -2.43. The van der Waals surface area contributed by atoms with Gasteiger partial charge < -0.3 is 10.1 Å². The summed E-state index contributed by atoms with van der Waals surface area (Å²) in [7, 11) is 1.69. The molecule has 1 fully saturated rings. The number of ether oxygens (including phenoxy) is 1. The van der Waals surface area contributed by atoms with Gasteiger partial charge in [0.25, 0.3) is 0 Å². The molecule has 2 heterocycles. The largest absolute Gasteiger partial charge is 0.496 e. The highest BCUT2D eigenvalue weighted by atomic mass is 16.5. The lowest BCUT2D eigenvalue weighted by Gasteiger charge is -2.27. The summed E-state index contributed by atoms with van der Waals surface area (Å²) in [6.45, 7) is 9.90. The number of rotatable bonds is 5. The second-order valence-electron chi connectivity index (χ2n) is 4.64. The van der Waals surface area contributed by atoms with Crippen molar-refractivity contribution >= 4 is 5.57 Å². The summed E-state index contributed by atoms with van der Waals surface area (Å²) in [4.78, 5) is 0. The first-order valence-corrected chi connectivity index (χ1v) is 6.50. The Balaban J connectivity index is 2.37. The summed E-state index contributed by atoms with van der Waals surface area (Å²) in [5.74, 6) is 0.851. The van der Waals surface area contributed by atoms with Crippen molar-refractivity contribution in [1.29, 1.82) is 0 Å². The van der Waals surface area contributed by atoms with E-state index in [9.17, 15) is 0 Å². The molecule has 4 heteroatoms. The van der Waals surface area contributed by atoms with Crippen molar-refractivity contribution in [3.63, 3.8) is 0 Å². The van der Waals surface area contributed by atoms with Gasteiger partial charge in [0.15, 0.2) is 0 Å². The third-order valence-electron chi connectivity index (χ3n) is 3.49. The molecule has 0 aromatic carbocycles. The van der Waals surface area contributed by atoms with Crippen LogP contribution in [-0.4, -0.2) is 30.0 Å². The zero-order chi connectivity index (χ0) is 13.8. The third kappa shape index (κ3) is 2.63. The first-order valence-electron chi connectivity index (χ1n) is 6.50. The minimum Gasteiger partial charge on any atom is -0.496 e. The SMILES string of the molecule is C=C/C(=C(OC)\C(C)=C/C)c1cnn(C2CNC2)c1. The van der Waals surface area contributed by atoms with Crippen LogP contribution >= 0.6 is 0 Å². The molecule has 1 aliphatic rings. The van der Waals surface area contributed by atoms with Gasteiger partial charge in [-0.2, -0.15) is 5.10 Å². The average Bonchev–Trinajstić information content (AvgIpc) is 2.81. The molecule has 19 heavy (non-hydrogen) atoms. The highest BCUT2D eigenvalue weighted by molar-refractivity contribution is 5.77. The van der Waals surface area contributed by atoms with E-state index in [4.69, 9.17) is 4.74 Å². The van der Waals surface area contributed by atoms with Gasteiger partial charge in [0, 0.05) is 30.4 Å². The van der Waals surface area contributed by atoms with Gasteiger partial charge in [0.05, 0.1) is 19.3 Å². The quantitative estimate of drug-likeness (QED) is 0.652. The third-order valence-corrected chi connectivity index (χ3v) is 3.49. The Morgan fingerprint density at radius 3 is 2.79 bits per heavy atom. The van der Waals surface area contributed by atoms with E-state index >= 15 is 0 Å². The molecule has 4 nitrogen and oxygen atoms in total. The summed E-state index contributed by atoms with van der Waals surface area (Å²) in [5, 5.41) is 7.68. The van der Waals surface area contributed by atoms with E-state index in [1.165, 1.54) is 0 Å². The fourth-order valence-electron chi connectivity index (χ4n) is 2.09. The molecular formula is C15H21N3O.